The summed E-state index contributed by atoms with van der Waals surface area (Å²) in [4.78, 5) is 0. The van der Waals surface area contributed by atoms with E-state index in [9.17, 15) is 5.11 Å². The third-order valence-corrected chi connectivity index (χ3v) is 4.34. The van der Waals surface area contributed by atoms with Crippen molar-refractivity contribution in [3.63, 3.8) is 0 Å². The molecule has 0 saturated carbocycles. The second-order valence-corrected chi connectivity index (χ2v) is 6.45. The third-order valence-electron chi connectivity index (χ3n) is 4.00. The number of halogens is 1. The predicted octanol–water partition coefficient (Wildman–Crippen LogP) is 2.69. The van der Waals surface area contributed by atoms with Crippen LogP contribution in [0.3, 0.4) is 0 Å². The molecular weight excluding hydrogens is 262 g/mol. The summed E-state index contributed by atoms with van der Waals surface area (Å²) >= 11 is 6.07. The SMILES string of the molecule is C[C@H](O)c1cc(B2OC(C)(C)C(C)(C)O2)ccc1Cl. The van der Waals surface area contributed by atoms with Crippen molar-refractivity contribution in [3.8, 4) is 0 Å². The lowest BCUT2D eigenvalue weighted by Gasteiger charge is -2.32. The van der Waals surface area contributed by atoms with E-state index in [2.05, 4.69) is 0 Å². The lowest BCUT2D eigenvalue weighted by molar-refractivity contribution is 0.00578. The molecule has 0 radical (unpaired) electrons. The minimum absolute atomic E-state index is 0.373. The number of aliphatic hydroxyl groups is 1. The molecule has 5 heteroatoms. The first-order valence-corrected chi connectivity index (χ1v) is 6.85. The molecule has 0 spiro atoms. The second kappa shape index (κ2) is 4.78. The highest BCUT2D eigenvalue weighted by atomic mass is 35.5. The zero-order chi connectivity index (χ0) is 14.4. The monoisotopic (exact) mass is 282 g/mol. The Morgan fingerprint density at radius 3 is 2.16 bits per heavy atom. The molecule has 0 unspecified atom stereocenters. The van der Waals surface area contributed by atoms with Gasteiger partial charge in [-0.25, -0.2) is 0 Å². The van der Waals surface area contributed by atoms with Crippen LogP contribution >= 0.6 is 11.6 Å². The summed E-state index contributed by atoms with van der Waals surface area (Å²) in [6.45, 7) is 9.74. The zero-order valence-corrected chi connectivity index (χ0v) is 12.8. The van der Waals surface area contributed by atoms with Crippen molar-refractivity contribution in [3.05, 3.63) is 28.8 Å². The van der Waals surface area contributed by atoms with Crippen LogP contribution < -0.4 is 5.46 Å². The first-order chi connectivity index (χ1) is 8.64. The Kier molecular flexibility index (Phi) is 3.73. The topological polar surface area (TPSA) is 38.7 Å². The smallest absolute Gasteiger partial charge is 0.399 e. The number of hydrogen-bond donors (Lipinski definition) is 1. The van der Waals surface area contributed by atoms with Crippen LogP contribution in [-0.2, 0) is 9.31 Å². The Balaban J connectivity index is 2.32. The zero-order valence-electron chi connectivity index (χ0n) is 12.0. The van der Waals surface area contributed by atoms with Gasteiger partial charge in [0, 0.05) is 5.02 Å². The lowest BCUT2D eigenvalue weighted by Crippen LogP contribution is -2.41. The van der Waals surface area contributed by atoms with Crippen molar-refractivity contribution in [2.45, 2.75) is 51.9 Å². The first kappa shape index (κ1) is 14.9. The molecule has 1 aromatic rings. The van der Waals surface area contributed by atoms with Gasteiger partial charge in [0.15, 0.2) is 0 Å². The highest BCUT2D eigenvalue weighted by Gasteiger charge is 2.51. The van der Waals surface area contributed by atoms with Crippen molar-refractivity contribution in [1.82, 2.24) is 0 Å². The van der Waals surface area contributed by atoms with Crippen LogP contribution in [0, 0.1) is 0 Å². The molecule has 19 heavy (non-hydrogen) atoms. The molecule has 0 aliphatic carbocycles. The fraction of sp³-hybridized carbons (Fsp3) is 0.571. The maximum absolute atomic E-state index is 9.71. The van der Waals surface area contributed by atoms with Gasteiger partial charge in [-0.05, 0) is 51.7 Å². The van der Waals surface area contributed by atoms with Crippen molar-refractivity contribution in [2.75, 3.05) is 0 Å². The summed E-state index contributed by atoms with van der Waals surface area (Å²) < 4.78 is 12.0. The average Bonchev–Trinajstić information content (AvgIpc) is 2.48. The molecule has 2 rings (SSSR count). The fourth-order valence-corrected chi connectivity index (χ4v) is 2.28. The van der Waals surface area contributed by atoms with Crippen molar-refractivity contribution >= 4 is 24.2 Å². The van der Waals surface area contributed by atoms with E-state index >= 15 is 0 Å². The molecule has 0 bridgehead atoms. The van der Waals surface area contributed by atoms with Gasteiger partial charge in [-0.2, -0.15) is 0 Å². The molecule has 1 aliphatic rings. The fourth-order valence-electron chi connectivity index (χ4n) is 2.01. The van der Waals surface area contributed by atoms with Gasteiger partial charge in [-0.1, -0.05) is 23.7 Å². The quantitative estimate of drug-likeness (QED) is 0.848. The number of benzene rings is 1. The molecule has 3 nitrogen and oxygen atoms in total. The van der Waals surface area contributed by atoms with Crippen LogP contribution in [0.2, 0.25) is 5.02 Å². The van der Waals surface area contributed by atoms with Crippen molar-refractivity contribution in [2.24, 2.45) is 0 Å². The van der Waals surface area contributed by atoms with Crippen LogP contribution in [0.1, 0.15) is 46.3 Å². The summed E-state index contributed by atoms with van der Waals surface area (Å²) in [6.07, 6.45) is -0.616. The van der Waals surface area contributed by atoms with E-state index in [1.165, 1.54) is 0 Å². The second-order valence-electron chi connectivity index (χ2n) is 6.05. The summed E-state index contributed by atoms with van der Waals surface area (Å²) in [5, 5.41) is 10.3. The number of aliphatic hydroxyl groups excluding tert-OH is 1. The van der Waals surface area contributed by atoms with Crippen LogP contribution in [0.5, 0.6) is 0 Å². The van der Waals surface area contributed by atoms with Crippen LogP contribution in [-0.4, -0.2) is 23.4 Å². The highest BCUT2D eigenvalue weighted by Crippen LogP contribution is 2.36. The molecule has 1 aliphatic heterocycles. The normalized spacial score (nSPS) is 22.6. The summed E-state index contributed by atoms with van der Waals surface area (Å²) in [5.74, 6) is 0. The Morgan fingerprint density at radius 2 is 1.68 bits per heavy atom. The molecule has 1 heterocycles. The van der Waals surface area contributed by atoms with Crippen LogP contribution in [0.15, 0.2) is 18.2 Å². The van der Waals surface area contributed by atoms with E-state index in [0.29, 0.717) is 10.6 Å². The van der Waals surface area contributed by atoms with E-state index in [4.69, 9.17) is 20.9 Å². The Labute approximate surface area is 120 Å². The molecular formula is C14H20BClO3. The van der Waals surface area contributed by atoms with E-state index in [1.54, 1.807) is 13.0 Å². The summed E-state index contributed by atoms with van der Waals surface area (Å²) in [6, 6.07) is 5.48. The van der Waals surface area contributed by atoms with E-state index in [0.717, 1.165) is 5.46 Å². The molecule has 0 aromatic heterocycles. The largest absolute Gasteiger partial charge is 0.494 e. The van der Waals surface area contributed by atoms with Gasteiger partial charge in [0.1, 0.15) is 0 Å². The molecule has 1 fully saturated rings. The Morgan fingerprint density at radius 1 is 1.16 bits per heavy atom. The molecule has 1 aromatic carbocycles. The van der Waals surface area contributed by atoms with Gasteiger partial charge in [-0.15, -0.1) is 0 Å². The molecule has 1 N–H and O–H groups in total. The van der Waals surface area contributed by atoms with Gasteiger partial charge in [0.2, 0.25) is 0 Å². The minimum atomic E-state index is -0.616. The van der Waals surface area contributed by atoms with Crippen LogP contribution in [0.4, 0.5) is 0 Å². The summed E-state index contributed by atoms with van der Waals surface area (Å²) in [5.41, 5.74) is 0.817. The van der Waals surface area contributed by atoms with Gasteiger partial charge >= 0.3 is 7.12 Å². The van der Waals surface area contributed by atoms with Crippen molar-refractivity contribution < 1.29 is 14.4 Å². The van der Waals surface area contributed by atoms with Crippen LogP contribution in [0.25, 0.3) is 0 Å². The third kappa shape index (κ3) is 2.68. The maximum Gasteiger partial charge on any atom is 0.494 e. The van der Waals surface area contributed by atoms with Gasteiger partial charge in [0.05, 0.1) is 17.3 Å². The standard InChI is InChI=1S/C14H20BClO3/c1-9(17)11-8-10(6-7-12(11)16)15-18-13(2,3)14(4,5)19-15/h6-9,17H,1-5H3/t9-/m0/s1. The van der Waals surface area contributed by atoms with Gasteiger partial charge in [-0.3, -0.25) is 0 Å². The molecule has 1 saturated heterocycles. The Hall–Kier alpha value is -0.545. The van der Waals surface area contributed by atoms with Gasteiger partial charge < -0.3 is 14.4 Å². The average molecular weight is 283 g/mol. The predicted molar refractivity (Wildman–Crippen MR) is 77.8 cm³/mol. The number of rotatable bonds is 2. The Bertz CT molecular complexity index is 470. The van der Waals surface area contributed by atoms with Crippen molar-refractivity contribution in [1.29, 1.82) is 0 Å². The lowest BCUT2D eigenvalue weighted by atomic mass is 9.78. The number of hydrogen-bond acceptors (Lipinski definition) is 3. The minimum Gasteiger partial charge on any atom is -0.399 e. The molecule has 0 amide bonds. The maximum atomic E-state index is 9.71. The molecule has 1 atom stereocenters. The van der Waals surface area contributed by atoms with E-state index < -0.39 is 13.2 Å². The first-order valence-electron chi connectivity index (χ1n) is 6.47. The highest BCUT2D eigenvalue weighted by molar-refractivity contribution is 6.62. The van der Waals surface area contributed by atoms with Gasteiger partial charge in [0.25, 0.3) is 0 Å². The summed E-state index contributed by atoms with van der Waals surface area (Å²) in [7, 11) is -0.431. The molecule has 104 valence electrons. The van der Waals surface area contributed by atoms with E-state index in [-0.39, 0.29) is 11.2 Å². The van der Waals surface area contributed by atoms with E-state index in [1.807, 2.05) is 39.8 Å².